The van der Waals surface area contributed by atoms with Gasteiger partial charge in [0.15, 0.2) is 11.4 Å². The number of hydrogen-bond acceptors (Lipinski definition) is 4. The molecule has 1 unspecified atom stereocenters. The fourth-order valence-corrected chi connectivity index (χ4v) is 3.51. The van der Waals surface area contributed by atoms with E-state index in [0.717, 1.165) is 11.3 Å². The van der Waals surface area contributed by atoms with Crippen LogP contribution in [0, 0.1) is 13.5 Å². The van der Waals surface area contributed by atoms with E-state index in [1.54, 1.807) is 31.2 Å². The Balaban J connectivity index is 1.59. The van der Waals surface area contributed by atoms with Gasteiger partial charge in [-0.25, -0.2) is 9.53 Å². The van der Waals surface area contributed by atoms with Crippen molar-refractivity contribution in [1.29, 1.82) is 0 Å². The number of fused-ring (bicyclic) bond motifs is 1. The van der Waals surface area contributed by atoms with Gasteiger partial charge in [-0.1, -0.05) is 30.3 Å². The second-order valence-corrected chi connectivity index (χ2v) is 7.25. The number of nitrogens with zero attached hydrogens (tertiary/aromatic N) is 3. The highest BCUT2D eigenvalue weighted by molar-refractivity contribution is 6.01. The summed E-state index contributed by atoms with van der Waals surface area (Å²) < 4.78 is 1.47. The third-order valence-corrected chi connectivity index (χ3v) is 5.15. The number of hydrogen-bond donors (Lipinski definition) is 2. The smallest absolute Gasteiger partial charge is 0.276 e. The molecule has 2 heterocycles. The minimum Gasteiger partial charge on any atom is -0.339 e. The number of nitrogens with one attached hydrogen (secondary N) is 2. The van der Waals surface area contributed by atoms with Crippen LogP contribution in [0.2, 0.25) is 0 Å². The fraction of sp³-hybridized carbons (Fsp3) is 0.174. The Hall–Kier alpha value is -4.25. The zero-order chi connectivity index (χ0) is 22.0. The van der Waals surface area contributed by atoms with Crippen molar-refractivity contribution in [2.75, 3.05) is 5.32 Å². The van der Waals surface area contributed by atoms with Crippen molar-refractivity contribution in [3.05, 3.63) is 93.2 Å². The van der Waals surface area contributed by atoms with E-state index in [1.807, 2.05) is 24.3 Å². The molecule has 2 amide bonds. The Morgan fingerprint density at radius 3 is 2.68 bits per heavy atom. The molecule has 31 heavy (non-hydrogen) atoms. The number of rotatable bonds is 3. The van der Waals surface area contributed by atoms with Crippen molar-refractivity contribution in [1.82, 2.24) is 15.1 Å². The summed E-state index contributed by atoms with van der Waals surface area (Å²) in [6, 6.07) is 14.7. The molecule has 0 saturated heterocycles. The molecular weight excluding hydrogens is 394 g/mol. The molecule has 8 heteroatoms. The van der Waals surface area contributed by atoms with Crippen molar-refractivity contribution < 1.29 is 9.59 Å². The molecule has 0 aliphatic carbocycles. The summed E-state index contributed by atoms with van der Waals surface area (Å²) in [4.78, 5) is 41.2. The van der Waals surface area contributed by atoms with E-state index in [9.17, 15) is 14.4 Å². The van der Waals surface area contributed by atoms with Crippen LogP contribution in [0.15, 0.2) is 59.4 Å². The van der Waals surface area contributed by atoms with E-state index >= 15 is 0 Å². The summed E-state index contributed by atoms with van der Waals surface area (Å²) in [6.45, 7) is 8.76. The molecule has 1 aliphatic heterocycles. The molecule has 0 fully saturated rings. The van der Waals surface area contributed by atoms with E-state index in [4.69, 9.17) is 6.57 Å². The highest BCUT2D eigenvalue weighted by atomic mass is 16.2. The molecule has 3 aromatic rings. The van der Waals surface area contributed by atoms with Gasteiger partial charge >= 0.3 is 0 Å². The molecule has 1 atom stereocenters. The van der Waals surface area contributed by atoms with Crippen molar-refractivity contribution in [3.8, 4) is 5.69 Å². The molecule has 2 aromatic carbocycles. The van der Waals surface area contributed by atoms with E-state index < -0.39 is 17.4 Å². The molecule has 0 radical (unpaired) electrons. The van der Waals surface area contributed by atoms with Gasteiger partial charge in [0.25, 0.3) is 5.91 Å². The van der Waals surface area contributed by atoms with Crippen LogP contribution in [0.1, 0.15) is 28.2 Å². The Morgan fingerprint density at radius 2 is 1.94 bits per heavy atom. The highest BCUT2D eigenvalue weighted by Gasteiger charge is 2.27. The van der Waals surface area contributed by atoms with Gasteiger partial charge in [-0.3, -0.25) is 14.4 Å². The second kappa shape index (κ2) is 8.24. The number of carbonyl (C=O) groups is 2. The lowest BCUT2D eigenvalue weighted by Gasteiger charge is -2.16. The average molecular weight is 413 g/mol. The van der Waals surface area contributed by atoms with Gasteiger partial charge in [0.05, 0.1) is 12.3 Å². The van der Waals surface area contributed by atoms with Gasteiger partial charge in [-0.05, 0) is 43.5 Å². The first-order valence-corrected chi connectivity index (χ1v) is 9.75. The number of anilines is 1. The summed E-state index contributed by atoms with van der Waals surface area (Å²) in [6.07, 6.45) is 1.02. The zero-order valence-corrected chi connectivity index (χ0v) is 16.8. The van der Waals surface area contributed by atoms with Crippen molar-refractivity contribution >= 4 is 23.2 Å². The maximum atomic E-state index is 12.9. The molecule has 1 aromatic heterocycles. The van der Waals surface area contributed by atoms with Gasteiger partial charge in [0, 0.05) is 17.4 Å². The van der Waals surface area contributed by atoms with Crippen molar-refractivity contribution in [3.63, 3.8) is 0 Å². The lowest BCUT2D eigenvalue weighted by atomic mass is 10.1. The lowest BCUT2D eigenvalue weighted by Crippen LogP contribution is -2.45. The van der Waals surface area contributed by atoms with E-state index in [2.05, 4.69) is 20.6 Å². The minimum atomic E-state index is -0.784. The molecule has 1 aliphatic rings. The minimum absolute atomic E-state index is 0.297. The summed E-state index contributed by atoms with van der Waals surface area (Å²) in [5.74, 6) is -1.04. The van der Waals surface area contributed by atoms with Crippen LogP contribution in [0.4, 0.5) is 11.4 Å². The zero-order valence-electron chi connectivity index (χ0n) is 16.8. The number of amides is 2. The summed E-state index contributed by atoms with van der Waals surface area (Å²) >= 11 is 0. The van der Waals surface area contributed by atoms with Crippen LogP contribution in [-0.2, 0) is 11.2 Å². The van der Waals surface area contributed by atoms with Crippen LogP contribution in [0.25, 0.3) is 10.5 Å². The van der Waals surface area contributed by atoms with E-state index in [-0.39, 0.29) is 11.6 Å². The highest BCUT2D eigenvalue weighted by Crippen LogP contribution is 2.21. The normalized spacial score (nSPS) is 15.2. The van der Waals surface area contributed by atoms with Crippen LogP contribution < -0.4 is 16.1 Å². The monoisotopic (exact) mass is 413 g/mol. The topological polar surface area (TPSA) is 97.4 Å². The predicted molar refractivity (Wildman–Crippen MR) is 115 cm³/mol. The van der Waals surface area contributed by atoms with E-state index in [0.29, 0.717) is 29.9 Å². The summed E-state index contributed by atoms with van der Waals surface area (Å²) in [5, 5.41) is 9.70. The lowest BCUT2D eigenvalue weighted by molar-refractivity contribution is -0.118. The van der Waals surface area contributed by atoms with Crippen LogP contribution in [0.3, 0.4) is 0 Å². The fourth-order valence-electron chi connectivity index (χ4n) is 3.51. The molecule has 154 valence electrons. The van der Waals surface area contributed by atoms with E-state index in [1.165, 1.54) is 10.7 Å². The summed E-state index contributed by atoms with van der Waals surface area (Å²) in [5.41, 5.74) is 2.52. The number of aromatic nitrogens is 2. The van der Waals surface area contributed by atoms with Gasteiger partial charge in [-0.15, -0.1) is 0 Å². The maximum absolute atomic E-state index is 12.9. The first kappa shape index (κ1) is 20.0. The van der Waals surface area contributed by atoms with Crippen molar-refractivity contribution in [2.24, 2.45) is 0 Å². The third kappa shape index (κ3) is 4.07. The Kier molecular flexibility index (Phi) is 5.33. The molecule has 0 spiro atoms. The molecule has 8 nitrogen and oxygen atoms in total. The molecular formula is C23H19N5O3. The largest absolute Gasteiger partial charge is 0.339 e. The Morgan fingerprint density at radius 1 is 1.19 bits per heavy atom. The number of para-hydroxylation sites is 1. The maximum Gasteiger partial charge on any atom is 0.276 e. The van der Waals surface area contributed by atoms with Crippen LogP contribution >= 0.6 is 0 Å². The van der Waals surface area contributed by atoms with Crippen LogP contribution in [0.5, 0.6) is 0 Å². The quantitative estimate of drug-likeness (QED) is 0.645. The molecule has 4 rings (SSSR count). The summed E-state index contributed by atoms with van der Waals surface area (Å²) in [7, 11) is 0. The second-order valence-electron chi connectivity index (χ2n) is 7.25. The van der Waals surface area contributed by atoms with Crippen LogP contribution in [-0.4, -0.2) is 27.6 Å². The number of aryl methyl sites for hydroxylation is 2. The van der Waals surface area contributed by atoms with Gasteiger partial charge in [0.1, 0.15) is 6.04 Å². The number of carbonyl (C=O) groups excluding carboxylic acids is 2. The molecule has 0 saturated carbocycles. The first-order valence-electron chi connectivity index (χ1n) is 9.75. The Labute approximate surface area is 178 Å². The first-order chi connectivity index (χ1) is 15.0. The molecule has 2 N–H and O–H groups in total. The third-order valence-electron chi connectivity index (χ3n) is 5.15. The predicted octanol–water partition coefficient (Wildman–Crippen LogP) is 2.78. The van der Waals surface area contributed by atoms with Gasteiger partial charge in [-0.2, -0.15) is 5.10 Å². The number of benzene rings is 2. The van der Waals surface area contributed by atoms with Gasteiger partial charge < -0.3 is 10.6 Å². The Bertz CT molecular complexity index is 1270. The van der Waals surface area contributed by atoms with Gasteiger partial charge in [0.2, 0.25) is 11.3 Å². The van der Waals surface area contributed by atoms with Crippen molar-refractivity contribution in [2.45, 2.75) is 25.8 Å². The molecule has 0 bridgehead atoms. The SMILES string of the molecule is [C-]#[N+]c1ccc(-n2nc(C(=O)NC3CCc4ccccc4NC3=O)c(=O)cc2C)cc1. The average Bonchev–Trinajstić information content (AvgIpc) is 2.92. The standard InChI is InChI=1S/C23H19N5O3/c1-14-13-20(29)21(27-28(14)17-10-8-16(24-2)9-11-17)23(31)26-19-12-7-15-5-3-4-6-18(15)25-22(19)30/h3-6,8-11,13,19H,7,12H2,1H3,(H,25,30)(H,26,31).